The van der Waals surface area contributed by atoms with Gasteiger partial charge in [-0.2, -0.15) is 0 Å². The van der Waals surface area contributed by atoms with Crippen LogP contribution in [0.4, 0.5) is 22.7 Å². The standard InChI is InChI=1S/C44H36N2O4S/c1-3-45-37-9-5-7-11-41(37)49-43-29-33(21-27-39(43)45)15-13-31-17-23-35(24-18-31)51(47,48)36-25-19-32(20-26-36)14-16-34-22-28-40-44(30-34)50-42-12-8-6-10-38(42)46(40)4-2/h5-30H,3-4H2,1-2H3/b15-13+,16-14+. The molecule has 6 aromatic carbocycles. The molecule has 0 unspecified atom stereocenters. The van der Waals surface area contributed by atoms with Gasteiger partial charge in [-0.3, -0.25) is 0 Å². The van der Waals surface area contributed by atoms with Crippen molar-refractivity contribution in [3.05, 3.63) is 156 Å². The van der Waals surface area contributed by atoms with Gasteiger partial charge in [-0.05, 0) is 109 Å². The van der Waals surface area contributed by atoms with Crippen LogP contribution in [-0.2, 0) is 9.84 Å². The molecule has 2 aliphatic rings. The highest BCUT2D eigenvalue weighted by Crippen LogP contribution is 2.48. The lowest BCUT2D eigenvalue weighted by molar-refractivity contribution is 0.473. The first-order valence-electron chi connectivity index (χ1n) is 17.1. The predicted octanol–water partition coefficient (Wildman–Crippen LogP) is 11.4. The van der Waals surface area contributed by atoms with Gasteiger partial charge >= 0.3 is 0 Å². The molecule has 51 heavy (non-hydrogen) atoms. The summed E-state index contributed by atoms with van der Waals surface area (Å²) in [5, 5.41) is 0. The van der Waals surface area contributed by atoms with Crippen LogP contribution in [0, 0.1) is 0 Å². The second-order valence-corrected chi connectivity index (χ2v) is 14.3. The van der Waals surface area contributed by atoms with Gasteiger partial charge in [0.1, 0.15) is 0 Å². The smallest absolute Gasteiger partial charge is 0.206 e. The molecule has 7 heteroatoms. The van der Waals surface area contributed by atoms with E-state index in [1.165, 1.54) is 0 Å². The van der Waals surface area contributed by atoms with Crippen molar-refractivity contribution in [3.8, 4) is 23.0 Å². The number of hydrogen-bond acceptors (Lipinski definition) is 6. The van der Waals surface area contributed by atoms with Crippen molar-refractivity contribution in [1.29, 1.82) is 0 Å². The summed E-state index contributed by atoms with van der Waals surface area (Å²) >= 11 is 0. The van der Waals surface area contributed by atoms with E-state index in [4.69, 9.17) is 9.47 Å². The van der Waals surface area contributed by atoms with Crippen molar-refractivity contribution in [2.75, 3.05) is 22.9 Å². The SMILES string of the molecule is CCN1c2ccccc2Oc2cc(/C=C/c3ccc(S(=O)(=O)c4ccc(/C=C/c5ccc6c(c5)Oc5ccccc5N6CC)cc4)cc3)ccc21. The molecule has 0 radical (unpaired) electrons. The van der Waals surface area contributed by atoms with Gasteiger partial charge in [0.2, 0.25) is 9.84 Å². The number of para-hydroxylation sites is 4. The molecule has 252 valence electrons. The minimum absolute atomic E-state index is 0.250. The summed E-state index contributed by atoms with van der Waals surface area (Å²) in [4.78, 5) is 4.99. The maximum Gasteiger partial charge on any atom is 0.206 e. The third kappa shape index (κ3) is 6.17. The molecule has 0 fully saturated rings. The molecule has 0 atom stereocenters. The maximum atomic E-state index is 13.5. The van der Waals surface area contributed by atoms with Gasteiger partial charge in [-0.1, -0.05) is 85.0 Å². The molecular formula is C44H36N2O4S. The summed E-state index contributed by atoms with van der Waals surface area (Å²) in [6, 6.07) is 42.4. The van der Waals surface area contributed by atoms with Crippen molar-refractivity contribution in [2.24, 2.45) is 0 Å². The van der Waals surface area contributed by atoms with Gasteiger partial charge in [-0.25, -0.2) is 8.42 Å². The van der Waals surface area contributed by atoms with Gasteiger partial charge in [0.05, 0.1) is 32.5 Å². The summed E-state index contributed by atoms with van der Waals surface area (Å²) in [7, 11) is -3.68. The first-order valence-corrected chi connectivity index (χ1v) is 18.6. The number of anilines is 4. The average molecular weight is 689 g/mol. The molecular weight excluding hydrogens is 653 g/mol. The molecule has 0 saturated heterocycles. The molecule has 2 heterocycles. The molecule has 0 amide bonds. The predicted molar refractivity (Wildman–Crippen MR) is 207 cm³/mol. The number of hydrogen-bond donors (Lipinski definition) is 0. The van der Waals surface area contributed by atoms with E-state index in [1.807, 2.05) is 97.1 Å². The Morgan fingerprint density at radius 1 is 0.451 bits per heavy atom. The Hall–Kier alpha value is -6.05. The number of rotatable bonds is 8. The van der Waals surface area contributed by atoms with Crippen LogP contribution in [-0.4, -0.2) is 21.5 Å². The lowest BCUT2D eigenvalue weighted by Crippen LogP contribution is -2.20. The third-order valence-corrected chi connectivity index (χ3v) is 11.0. The van der Waals surface area contributed by atoms with Crippen molar-refractivity contribution in [2.45, 2.75) is 23.6 Å². The third-order valence-electron chi connectivity index (χ3n) is 9.25. The molecule has 0 N–H and O–H groups in total. The average Bonchev–Trinajstić information content (AvgIpc) is 3.17. The lowest BCUT2D eigenvalue weighted by Gasteiger charge is -2.32. The van der Waals surface area contributed by atoms with E-state index in [0.29, 0.717) is 0 Å². The summed E-state index contributed by atoms with van der Waals surface area (Å²) in [6.45, 7) is 5.92. The fourth-order valence-corrected chi connectivity index (χ4v) is 7.89. The molecule has 0 aliphatic carbocycles. The highest BCUT2D eigenvalue weighted by molar-refractivity contribution is 7.91. The number of fused-ring (bicyclic) bond motifs is 4. The number of benzene rings is 6. The Bertz CT molecular complexity index is 2250. The van der Waals surface area contributed by atoms with Crippen molar-refractivity contribution < 1.29 is 17.9 Å². The van der Waals surface area contributed by atoms with E-state index < -0.39 is 9.84 Å². The fourth-order valence-electron chi connectivity index (χ4n) is 6.63. The van der Waals surface area contributed by atoms with Crippen molar-refractivity contribution in [3.63, 3.8) is 0 Å². The van der Waals surface area contributed by atoms with Crippen molar-refractivity contribution >= 4 is 56.9 Å². The largest absolute Gasteiger partial charge is 0.453 e. The molecule has 8 rings (SSSR count). The molecule has 0 bridgehead atoms. The maximum absolute atomic E-state index is 13.5. The van der Waals surface area contributed by atoms with Crippen LogP contribution in [0.3, 0.4) is 0 Å². The molecule has 0 saturated carbocycles. The van der Waals surface area contributed by atoms with Crippen molar-refractivity contribution in [1.82, 2.24) is 0 Å². The molecule has 2 aliphatic heterocycles. The number of nitrogens with zero attached hydrogens (tertiary/aromatic N) is 2. The summed E-state index contributed by atoms with van der Waals surface area (Å²) in [6.07, 6.45) is 7.96. The van der Waals surface area contributed by atoms with E-state index in [0.717, 1.165) is 81.1 Å². The molecule has 6 aromatic rings. The van der Waals surface area contributed by atoms with Gasteiger partial charge in [0.15, 0.2) is 23.0 Å². The second-order valence-electron chi connectivity index (χ2n) is 12.4. The van der Waals surface area contributed by atoms with Crippen LogP contribution >= 0.6 is 0 Å². The van der Waals surface area contributed by atoms with Gasteiger partial charge in [0, 0.05) is 13.1 Å². The Kier molecular flexibility index (Phi) is 8.42. The van der Waals surface area contributed by atoms with Crippen LogP contribution in [0.2, 0.25) is 0 Å². The van der Waals surface area contributed by atoms with Gasteiger partial charge < -0.3 is 19.3 Å². The Balaban J connectivity index is 0.938. The fraction of sp³-hybridized carbons (Fsp3) is 0.0909. The van der Waals surface area contributed by atoms with Crippen LogP contribution in [0.5, 0.6) is 23.0 Å². The van der Waals surface area contributed by atoms with Crippen LogP contribution < -0.4 is 19.3 Å². The van der Waals surface area contributed by atoms with Crippen LogP contribution in [0.1, 0.15) is 36.1 Å². The topological polar surface area (TPSA) is 59.1 Å². The Morgan fingerprint density at radius 3 is 1.22 bits per heavy atom. The quantitative estimate of drug-likeness (QED) is 0.148. The van der Waals surface area contributed by atoms with E-state index >= 15 is 0 Å². The molecule has 6 nitrogen and oxygen atoms in total. The van der Waals surface area contributed by atoms with E-state index in [-0.39, 0.29) is 9.79 Å². The Labute approximate surface area is 299 Å². The number of sulfone groups is 1. The minimum Gasteiger partial charge on any atom is -0.453 e. The Morgan fingerprint density at radius 2 is 0.804 bits per heavy atom. The molecule has 0 spiro atoms. The second kappa shape index (κ2) is 13.3. The summed E-state index contributed by atoms with van der Waals surface area (Å²) < 4.78 is 39.4. The highest BCUT2D eigenvalue weighted by Gasteiger charge is 2.24. The zero-order chi connectivity index (χ0) is 35.0. The van der Waals surface area contributed by atoms with Gasteiger partial charge in [0.25, 0.3) is 0 Å². The summed E-state index contributed by atoms with van der Waals surface area (Å²) in [5.41, 5.74) is 7.96. The minimum atomic E-state index is -3.68. The lowest BCUT2D eigenvalue weighted by atomic mass is 10.1. The van der Waals surface area contributed by atoms with Crippen LogP contribution in [0.15, 0.2) is 143 Å². The number of ether oxygens (including phenoxy) is 2. The van der Waals surface area contributed by atoms with E-state index in [2.05, 4.69) is 60.0 Å². The first kappa shape index (κ1) is 32.2. The first-order chi connectivity index (χ1) is 24.9. The van der Waals surface area contributed by atoms with E-state index in [9.17, 15) is 8.42 Å². The highest BCUT2D eigenvalue weighted by atomic mass is 32.2. The monoisotopic (exact) mass is 688 g/mol. The van der Waals surface area contributed by atoms with Gasteiger partial charge in [-0.15, -0.1) is 0 Å². The van der Waals surface area contributed by atoms with E-state index in [1.54, 1.807) is 24.3 Å². The van der Waals surface area contributed by atoms with Crippen LogP contribution in [0.25, 0.3) is 24.3 Å². The zero-order valence-electron chi connectivity index (χ0n) is 28.4. The molecule has 0 aromatic heterocycles. The zero-order valence-corrected chi connectivity index (χ0v) is 29.2. The normalized spacial score (nSPS) is 13.3. The summed E-state index contributed by atoms with van der Waals surface area (Å²) in [5.74, 6) is 3.30.